The Kier molecular flexibility index (Phi) is 10.2. The highest BCUT2D eigenvalue weighted by Gasteiger charge is 2.22. The molecule has 0 atom stereocenters. The van der Waals surface area contributed by atoms with Crippen molar-refractivity contribution in [2.24, 2.45) is 0 Å². The van der Waals surface area contributed by atoms with Gasteiger partial charge in [0, 0.05) is 32.2 Å². The van der Waals surface area contributed by atoms with Crippen molar-refractivity contribution in [2.45, 2.75) is 59.2 Å². The lowest BCUT2D eigenvalue weighted by Gasteiger charge is -2.32. The van der Waals surface area contributed by atoms with Crippen molar-refractivity contribution in [3.8, 4) is 11.5 Å². The molecule has 1 amide bonds. The van der Waals surface area contributed by atoms with Crippen LogP contribution in [0.4, 0.5) is 10.4 Å². The number of hydrogen-bond acceptors (Lipinski definition) is 9. The molecule has 2 aromatic carbocycles. The van der Waals surface area contributed by atoms with Crippen molar-refractivity contribution in [3.05, 3.63) is 47.3 Å². The summed E-state index contributed by atoms with van der Waals surface area (Å²) < 4.78 is 36.2. The second-order valence-corrected chi connectivity index (χ2v) is 9.55. The minimum atomic E-state index is -0.546. The Morgan fingerprint density at radius 3 is 2.38 bits per heavy atom. The number of hydrogen-bond donors (Lipinski definition) is 2. The zero-order chi connectivity index (χ0) is 28.5. The fourth-order valence-corrected chi connectivity index (χ4v) is 4.66. The van der Waals surface area contributed by atoms with Crippen LogP contribution < -0.4 is 20.1 Å². The van der Waals surface area contributed by atoms with Crippen LogP contribution >= 0.6 is 0 Å². The average Bonchev–Trinajstić information content (AvgIpc) is 3.33. The van der Waals surface area contributed by atoms with Crippen LogP contribution in [-0.2, 0) is 27.4 Å². The van der Waals surface area contributed by atoms with Gasteiger partial charge in [-0.1, -0.05) is 6.07 Å². The molecule has 11 heteroatoms. The molecule has 0 unspecified atom stereocenters. The van der Waals surface area contributed by atoms with E-state index in [9.17, 15) is 14.0 Å². The van der Waals surface area contributed by atoms with Crippen LogP contribution in [0.2, 0.25) is 0 Å². The van der Waals surface area contributed by atoms with Crippen LogP contribution in [-0.4, -0.2) is 60.7 Å². The van der Waals surface area contributed by atoms with Crippen LogP contribution in [0, 0.1) is 5.82 Å². The maximum absolute atomic E-state index is 14.6. The van der Waals surface area contributed by atoms with Gasteiger partial charge in [-0.3, -0.25) is 14.5 Å². The molecule has 0 saturated carbocycles. The number of fused-ring (bicyclic) bond motifs is 1. The summed E-state index contributed by atoms with van der Waals surface area (Å²) in [5.41, 5.74) is 3.13. The monoisotopic (exact) mass is 556 g/mol. The van der Waals surface area contributed by atoms with Gasteiger partial charge in [0.15, 0.2) is 17.1 Å². The summed E-state index contributed by atoms with van der Waals surface area (Å²) in [5.74, 6) is -0.956. The van der Waals surface area contributed by atoms with E-state index < -0.39 is 17.7 Å². The second kappa shape index (κ2) is 14.0. The van der Waals surface area contributed by atoms with E-state index in [1.807, 2.05) is 32.0 Å². The summed E-state index contributed by atoms with van der Waals surface area (Å²) in [5, 5.41) is 6.12. The number of carbonyl (C=O) groups excluding carboxylic acids is 2. The van der Waals surface area contributed by atoms with Gasteiger partial charge in [0.25, 0.3) is 6.01 Å². The van der Waals surface area contributed by atoms with E-state index in [-0.39, 0.29) is 37.1 Å². The number of carbonyl (C=O) groups is 2. The van der Waals surface area contributed by atoms with Gasteiger partial charge in [-0.05, 0) is 69.0 Å². The minimum Gasteiger partial charge on any atom is -0.491 e. The molecule has 4 rings (SSSR count). The third-order valence-corrected chi connectivity index (χ3v) is 6.54. The highest BCUT2D eigenvalue weighted by Crippen LogP contribution is 2.30. The number of oxazole rings is 1. The molecule has 40 heavy (non-hydrogen) atoms. The zero-order valence-electron chi connectivity index (χ0n) is 23.3. The van der Waals surface area contributed by atoms with Gasteiger partial charge >= 0.3 is 5.97 Å². The van der Waals surface area contributed by atoms with Crippen molar-refractivity contribution in [1.29, 1.82) is 0 Å². The number of anilines is 1. The molecule has 10 nitrogen and oxygen atoms in total. The maximum atomic E-state index is 14.6. The summed E-state index contributed by atoms with van der Waals surface area (Å²) in [6.45, 7) is 9.03. The molecule has 1 aromatic heterocycles. The molecule has 1 saturated heterocycles. The Morgan fingerprint density at radius 2 is 1.73 bits per heavy atom. The highest BCUT2D eigenvalue weighted by atomic mass is 19.1. The summed E-state index contributed by atoms with van der Waals surface area (Å²) in [6, 6.07) is 9.69. The van der Waals surface area contributed by atoms with Crippen molar-refractivity contribution in [3.63, 3.8) is 0 Å². The van der Waals surface area contributed by atoms with E-state index in [1.165, 1.54) is 0 Å². The highest BCUT2D eigenvalue weighted by molar-refractivity contribution is 5.94. The number of benzene rings is 2. The zero-order valence-corrected chi connectivity index (χ0v) is 23.3. The molecule has 2 N–H and O–H groups in total. The number of aromatic nitrogens is 1. The first-order valence-corrected chi connectivity index (χ1v) is 13.8. The lowest BCUT2D eigenvalue weighted by Crippen LogP contribution is -2.38. The van der Waals surface area contributed by atoms with Crippen LogP contribution in [0.5, 0.6) is 11.5 Å². The fraction of sp³-hybridized carbons (Fsp3) is 0.483. The first-order valence-electron chi connectivity index (χ1n) is 13.8. The van der Waals surface area contributed by atoms with Crippen LogP contribution in [0.15, 0.2) is 34.7 Å². The van der Waals surface area contributed by atoms with Crippen molar-refractivity contribution in [2.75, 3.05) is 38.2 Å². The first kappa shape index (κ1) is 29.1. The number of nitrogens with zero attached hydrogens (tertiary/aromatic N) is 2. The van der Waals surface area contributed by atoms with Gasteiger partial charge in [-0.2, -0.15) is 9.37 Å². The van der Waals surface area contributed by atoms with Crippen molar-refractivity contribution >= 4 is 29.0 Å². The first-order chi connectivity index (χ1) is 19.4. The number of likely N-dealkylation sites (tertiary alicyclic amines) is 1. The molecule has 2 heterocycles. The van der Waals surface area contributed by atoms with E-state index in [0.29, 0.717) is 36.9 Å². The fourth-order valence-electron chi connectivity index (χ4n) is 4.66. The number of amides is 1. The topological polar surface area (TPSA) is 115 Å². The SMILES string of the molecule is CCOC(=O)CC(=O)NCc1ccc2oc(NC3CCN(Cc4cc(OCC)c(F)c(OCC)c4)CC3)nc2c1. The molecule has 0 aliphatic carbocycles. The van der Waals surface area contributed by atoms with E-state index in [0.717, 1.165) is 37.1 Å². The lowest BCUT2D eigenvalue weighted by atomic mass is 10.0. The van der Waals surface area contributed by atoms with Gasteiger partial charge in [0.1, 0.15) is 11.9 Å². The van der Waals surface area contributed by atoms with Gasteiger partial charge < -0.3 is 29.3 Å². The summed E-state index contributed by atoms with van der Waals surface area (Å²) in [7, 11) is 0. The molecule has 3 aromatic rings. The summed E-state index contributed by atoms with van der Waals surface area (Å²) >= 11 is 0. The Bertz CT molecular complexity index is 1280. The van der Waals surface area contributed by atoms with Crippen LogP contribution in [0.25, 0.3) is 11.1 Å². The molecular weight excluding hydrogens is 519 g/mol. The second-order valence-electron chi connectivity index (χ2n) is 9.55. The molecule has 1 fully saturated rings. The molecule has 0 radical (unpaired) electrons. The van der Waals surface area contributed by atoms with Crippen LogP contribution in [0.3, 0.4) is 0 Å². The third kappa shape index (κ3) is 7.84. The molecule has 0 spiro atoms. The third-order valence-electron chi connectivity index (χ3n) is 6.54. The molecular formula is C29H37FN4O6. The van der Waals surface area contributed by atoms with E-state index >= 15 is 0 Å². The predicted octanol–water partition coefficient (Wildman–Crippen LogP) is 4.41. The van der Waals surface area contributed by atoms with Gasteiger partial charge in [-0.25, -0.2) is 0 Å². The number of ether oxygens (including phenoxy) is 3. The molecule has 1 aliphatic rings. The van der Waals surface area contributed by atoms with E-state index in [1.54, 1.807) is 19.1 Å². The minimum absolute atomic E-state index is 0.206. The van der Waals surface area contributed by atoms with Crippen molar-refractivity contribution < 1.29 is 32.6 Å². The maximum Gasteiger partial charge on any atom is 0.315 e. The number of nitrogens with one attached hydrogen (secondary N) is 2. The summed E-state index contributed by atoms with van der Waals surface area (Å²) in [4.78, 5) is 30.3. The van der Waals surface area contributed by atoms with Crippen LogP contribution in [0.1, 0.15) is 51.2 Å². The Hall–Kier alpha value is -3.86. The average molecular weight is 557 g/mol. The normalized spacial score (nSPS) is 14.2. The quantitative estimate of drug-likeness (QED) is 0.233. The Morgan fingerprint density at radius 1 is 1.02 bits per heavy atom. The summed E-state index contributed by atoms with van der Waals surface area (Å²) in [6.07, 6.45) is 1.49. The molecule has 216 valence electrons. The van der Waals surface area contributed by atoms with Gasteiger partial charge in [-0.15, -0.1) is 0 Å². The number of piperidine rings is 1. The standard InChI is InChI=1S/C29H37FN4O6/c1-4-37-24-14-20(15-25(28(24)30)38-5-2)18-34-11-9-21(10-12-34)32-29-33-22-13-19(7-8-23(22)40-29)17-31-26(35)16-27(36)39-6-3/h7-8,13-15,21H,4-6,9-12,16-18H2,1-3H3,(H,31,35)(H,32,33). The molecule has 1 aliphatic heterocycles. The lowest BCUT2D eigenvalue weighted by molar-refractivity contribution is -0.146. The largest absolute Gasteiger partial charge is 0.491 e. The Labute approximate surface area is 233 Å². The Balaban J connectivity index is 1.29. The van der Waals surface area contributed by atoms with Gasteiger partial charge in [0.05, 0.1) is 19.8 Å². The predicted molar refractivity (Wildman–Crippen MR) is 148 cm³/mol. The number of rotatable bonds is 13. The van der Waals surface area contributed by atoms with Crippen molar-refractivity contribution in [1.82, 2.24) is 15.2 Å². The van der Waals surface area contributed by atoms with E-state index in [4.69, 9.17) is 18.6 Å². The van der Waals surface area contributed by atoms with Gasteiger partial charge in [0.2, 0.25) is 11.7 Å². The van der Waals surface area contributed by atoms with E-state index in [2.05, 4.69) is 20.5 Å². The number of halogens is 1. The molecule has 0 bridgehead atoms. The smallest absolute Gasteiger partial charge is 0.315 e. The number of esters is 1.